The van der Waals surface area contributed by atoms with E-state index in [0.29, 0.717) is 11.5 Å². The number of H-pyrrole nitrogens is 1. The summed E-state index contributed by atoms with van der Waals surface area (Å²) in [5, 5.41) is 8.48. The first-order valence-electron chi connectivity index (χ1n) is 9.26. The van der Waals surface area contributed by atoms with Crippen LogP contribution in [0.4, 0.5) is 0 Å². The molecule has 3 atom stereocenters. The van der Waals surface area contributed by atoms with Gasteiger partial charge in [0.05, 0.1) is 41.2 Å². The van der Waals surface area contributed by atoms with E-state index in [9.17, 15) is 4.79 Å². The van der Waals surface area contributed by atoms with Crippen molar-refractivity contribution in [2.24, 2.45) is 16.1 Å². The van der Waals surface area contributed by atoms with Crippen LogP contribution in [0, 0.1) is 5.92 Å². The lowest BCUT2D eigenvalue weighted by molar-refractivity contribution is -0.106. The van der Waals surface area contributed by atoms with Gasteiger partial charge in [0.2, 0.25) is 0 Å². The van der Waals surface area contributed by atoms with Crippen LogP contribution < -0.4 is 0 Å². The number of nitrogens with one attached hydrogen (secondary N) is 1. The van der Waals surface area contributed by atoms with E-state index in [1.807, 2.05) is 31.6 Å². The zero-order valence-corrected chi connectivity index (χ0v) is 15.3. The Hall–Kier alpha value is -2.87. The highest BCUT2D eigenvalue weighted by atomic mass is 16.1. The topological polar surface area (TPSA) is 91.0 Å². The molecule has 1 N–H and O–H groups in total. The normalized spacial score (nSPS) is 28.9. The van der Waals surface area contributed by atoms with Crippen LogP contribution >= 0.6 is 0 Å². The van der Waals surface area contributed by atoms with Crippen molar-refractivity contribution in [2.45, 2.75) is 38.4 Å². The van der Waals surface area contributed by atoms with Crippen LogP contribution in [0.5, 0.6) is 0 Å². The molecule has 2 aliphatic rings. The summed E-state index contributed by atoms with van der Waals surface area (Å²) in [4.78, 5) is 26.3. The summed E-state index contributed by atoms with van der Waals surface area (Å²) in [6.07, 6.45) is 10.0. The number of aromatic amines is 1. The highest BCUT2D eigenvalue weighted by Gasteiger charge is 2.45. The number of imidazole rings is 1. The third-order valence-electron chi connectivity index (χ3n) is 5.93. The molecule has 0 bridgehead atoms. The molecule has 3 aromatic rings. The van der Waals surface area contributed by atoms with E-state index in [-0.39, 0.29) is 6.04 Å². The molecule has 27 heavy (non-hydrogen) atoms. The molecule has 1 fully saturated rings. The van der Waals surface area contributed by atoms with Gasteiger partial charge in [0, 0.05) is 12.7 Å². The number of hydrogen-bond acceptors (Lipinski definition) is 6. The molecule has 1 saturated heterocycles. The van der Waals surface area contributed by atoms with Crippen molar-refractivity contribution in [3.8, 4) is 0 Å². The average molecular weight is 363 g/mol. The minimum Gasteiger partial charge on any atom is -0.345 e. The predicted octanol–water partition coefficient (Wildman–Crippen LogP) is 3.25. The van der Waals surface area contributed by atoms with E-state index in [2.05, 4.69) is 36.4 Å². The van der Waals surface area contributed by atoms with E-state index < -0.39 is 5.66 Å². The number of hydrogen-bond donors (Lipinski definition) is 1. The summed E-state index contributed by atoms with van der Waals surface area (Å²) in [7, 11) is 0. The Kier molecular flexibility index (Phi) is 3.51. The number of azo groups is 1. The molecule has 2 aliphatic heterocycles. The van der Waals surface area contributed by atoms with Crippen LogP contribution in [0.15, 0.2) is 46.7 Å². The fraction of sp³-hybridized carbons (Fsp3) is 0.421. The number of carbonyl (C=O) groups is 1. The van der Waals surface area contributed by atoms with E-state index in [1.165, 1.54) is 0 Å². The van der Waals surface area contributed by atoms with E-state index >= 15 is 0 Å². The quantitative estimate of drug-likeness (QED) is 0.723. The number of aldehydes is 1. The number of piperidine rings is 1. The van der Waals surface area contributed by atoms with Crippen LogP contribution in [0.25, 0.3) is 16.7 Å². The highest BCUT2D eigenvalue weighted by molar-refractivity contribution is 5.77. The maximum Gasteiger partial charge on any atom is 0.162 e. The van der Waals surface area contributed by atoms with Gasteiger partial charge in [0.1, 0.15) is 5.82 Å². The Morgan fingerprint density at radius 3 is 3.04 bits per heavy atom. The van der Waals surface area contributed by atoms with E-state index in [4.69, 9.17) is 4.98 Å². The molecule has 138 valence electrons. The molecule has 5 rings (SSSR count). The summed E-state index contributed by atoms with van der Waals surface area (Å²) in [5.41, 5.74) is 2.64. The fourth-order valence-electron chi connectivity index (χ4n) is 4.39. The van der Waals surface area contributed by atoms with Gasteiger partial charge >= 0.3 is 0 Å². The number of carbonyl (C=O) groups excluding carboxylic acids is 1. The second kappa shape index (κ2) is 5.82. The number of fused-ring (bicyclic) bond motifs is 3. The summed E-state index contributed by atoms with van der Waals surface area (Å²) < 4.78 is 2.16. The lowest BCUT2D eigenvalue weighted by Gasteiger charge is -2.45. The number of likely N-dealkylation sites (tertiary alicyclic amines) is 1. The van der Waals surface area contributed by atoms with Crippen LogP contribution in [0.3, 0.4) is 0 Å². The molecular formula is C19H21N7O. The molecule has 8 heteroatoms. The molecule has 5 heterocycles. The van der Waals surface area contributed by atoms with Gasteiger partial charge in [0.15, 0.2) is 17.6 Å². The summed E-state index contributed by atoms with van der Waals surface area (Å²) >= 11 is 0. The van der Waals surface area contributed by atoms with E-state index in [0.717, 1.165) is 48.2 Å². The number of aromatic nitrogens is 4. The van der Waals surface area contributed by atoms with Crippen LogP contribution in [0.2, 0.25) is 0 Å². The lowest BCUT2D eigenvalue weighted by atomic mass is 9.88. The molecule has 1 unspecified atom stereocenters. The Bertz CT molecular complexity index is 1090. The molecule has 8 nitrogen and oxygen atoms in total. The van der Waals surface area contributed by atoms with Gasteiger partial charge < -0.3 is 4.98 Å². The van der Waals surface area contributed by atoms with E-state index in [1.54, 1.807) is 6.20 Å². The first-order valence-corrected chi connectivity index (χ1v) is 9.26. The second-order valence-corrected chi connectivity index (χ2v) is 7.62. The minimum atomic E-state index is -0.747. The predicted molar refractivity (Wildman–Crippen MR) is 100 cm³/mol. The molecule has 0 aliphatic carbocycles. The molecule has 0 amide bonds. The second-order valence-electron chi connectivity index (χ2n) is 7.62. The van der Waals surface area contributed by atoms with Crippen molar-refractivity contribution >= 4 is 23.0 Å². The first kappa shape index (κ1) is 16.3. The van der Waals surface area contributed by atoms with Crippen LogP contribution in [-0.2, 0) is 4.79 Å². The molecular weight excluding hydrogens is 342 g/mol. The SMILES string of the molecule is C[C@H]1CCN(C2(C)N=NC=C2C=O)[C@@H](c2ncc3cnc4[nH]ccc4n23)C1. The van der Waals surface area contributed by atoms with Gasteiger partial charge in [-0.3, -0.25) is 14.1 Å². The third kappa shape index (κ3) is 2.29. The highest BCUT2D eigenvalue weighted by Crippen LogP contribution is 2.43. The Labute approximate surface area is 156 Å². The molecule has 0 spiro atoms. The molecule has 0 radical (unpaired) electrons. The van der Waals surface area contributed by atoms with Crippen molar-refractivity contribution < 1.29 is 4.79 Å². The van der Waals surface area contributed by atoms with Crippen molar-refractivity contribution in [3.63, 3.8) is 0 Å². The van der Waals surface area contributed by atoms with Crippen molar-refractivity contribution in [3.05, 3.63) is 42.3 Å². The van der Waals surface area contributed by atoms with Gasteiger partial charge in [0.25, 0.3) is 0 Å². The summed E-state index contributed by atoms with van der Waals surface area (Å²) in [6, 6.07) is 2.05. The summed E-state index contributed by atoms with van der Waals surface area (Å²) in [6.45, 7) is 5.07. The monoisotopic (exact) mass is 363 g/mol. The van der Waals surface area contributed by atoms with Gasteiger partial charge in [-0.05, 0) is 31.7 Å². The minimum absolute atomic E-state index is 0.0298. The van der Waals surface area contributed by atoms with Gasteiger partial charge in [-0.2, -0.15) is 10.2 Å². The number of nitrogens with zero attached hydrogens (tertiary/aromatic N) is 6. The molecule has 0 saturated carbocycles. The number of rotatable bonds is 3. The Balaban J connectivity index is 1.68. The smallest absolute Gasteiger partial charge is 0.162 e. The maximum atomic E-state index is 11.6. The zero-order chi connectivity index (χ0) is 18.6. The third-order valence-corrected chi connectivity index (χ3v) is 5.93. The Morgan fingerprint density at radius 1 is 1.33 bits per heavy atom. The van der Waals surface area contributed by atoms with Crippen LogP contribution in [0.1, 0.15) is 38.6 Å². The fourth-order valence-corrected chi connectivity index (χ4v) is 4.39. The largest absolute Gasteiger partial charge is 0.345 e. The zero-order valence-electron chi connectivity index (χ0n) is 15.3. The maximum absolute atomic E-state index is 11.6. The summed E-state index contributed by atoms with van der Waals surface area (Å²) in [5.74, 6) is 1.52. The standard InChI is InChI=1S/C19H21N7O/c1-12-4-6-25(19(2)13(11-27)8-23-24-19)16(7-12)18-22-10-14-9-21-17-15(26(14)18)3-5-20-17/h3,5,8-12,16,20H,4,6-7H2,1-2H3/t12-,16+,19?/m0/s1. The Morgan fingerprint density at radius 2 is 2.19 bits per heavy atom. The average Bonchev–Trinajstić information content (AvgIpc) is 3.38. The van der Waals surface area contributed by atoms with Crippen LogP contribution in [-0.4, -0.2) is 42.7 Å². The van der Waals surface area contributed by atoms with Gasteiger partial charge in [-0.25, -0.2) is 9.97 Å². The van der Waals surface area contributed by atoms with Gasteiger partial charge in [-0.15, -0.1) is 0 Å². The molecule has 3 aromatic heterocycles. The first-order chi connectivity index (χ1) is 13.1. The van der Waals surface area contributed by atoms with Crippen molar-refractivity contribution in [1.82, 2.24) is 24.3 Å². The van der Waals surface area contributed by atoms with Gasteiger partial charge in [-0.1, -0.05) is 6.92 Å². The van der Waals surface area contributed by atoms with Crippen molar-refractivity contribution in [1.29, 1.82) is 0 Å². The van der Waals surface area contributed by atoms with Crippen molar-refractivity contribution in [2.75, 3.05) is 6.54 Å². The lowest BCUT2D eigenvalue weighted by Crippen LogP contribution is -2.51. The molecule has 0 aromatic carbocycles.